The molecular weight excluding hydrogens is 250 g/mol. The third-order valence-electron chi connectivity index (χ3n) is 4.60. The second kappa shape index (κ2) is 6.09. The van der Waals surface area contributed by atoms with E-state index in [0.29, 0.717) is 11.3 Å². The Balaban J connectivity index is 2.37. The molecule has 0 bridgehead atoms. The highest BCUT2D eigenvalue weighted by Crippen LogP contribution is 2.45. The average Bonchev–Trinajstić information content (AvgIpc) is 2.98. The molecule has 1 fully saturated rings. The van der Waals surface area contributed by atoms with Crippen LogP contribution in [0, 0.1) is 16.7 Å². The minimum Gasteiger partial charge on any atom is -0.496 e. The van der Waals surface area contributed by atoms with Crippen molar-refractivity contribution in [1.82, 2.24) is 0 Å². The van der Waals surface area contributed by atoms with Gasteiger partial charge in [-0.15, -0.1) is 0 Å². The van der Waals surface area contributed by atoms with Crippen LogP contribution >= 0.6 is 0 Å². The van der Waals surface area contributed by atoms with Gasteiger partial charge < -0.3 is 4.74 Å². The molecule has 1 atom stereocenters. The van der Waals surface area contributed by atoms with Gasteiger partial charge in [0, 0.05) is 11.0 Å². The van der Waals surface area contributed by atoms with Gasteiger partial charge in [0.2, 0.25) is 0 Å². The number of ether oxygens (including phenoxy) is 1. The highest BCUT2D eigenvalue weighted by molar-refractivity contribution is 5.94. The number of para-hydroxylation sites is 1. The van der Waals surface area contributed by atoms with Crippen LogP contribution in [-0.4, -0.2) is 12.9 Å². The summed E-state index contributed by atoms with van der Waals surface area (Å²) in [4.78, 5) is 12.9. The van der Waals surface area contributed by atoms with Gasteiger partial charge in [-0.25, -0.2) is 0 Å². The first kappa shape index (κ1) is 14.6. The molecule has 0 heterocycles. The van der Waals surface area contributed by atoms with Crippen molar-refractivity contribution in [2.45, 2.75) is 44.9 Å². The third-order valence-corrected chi connectivity index (χ3v) is 4.60. The van der Waals surface area contributed by atoms with E-state index in [1.54, 1.807) is 13.2 Å². The van der Waals surface area contributed by atoms with Crippen molar-refractivity contribution >= 4 is 5.78 Å². The SMILES string of the molecule is CCC1(C(=O)C(C#N)c2ccccc2OC)CCCC1. The first-order chi connectivity index (χ1) is 9.68. The molecule has 0 aliphatic heterocycles. The fraction of sp³-hybridized carbons (Fsp3) is 0.529. The predicted molar refractivity (Wildman–Crippen MR) is 77.5 cm³/mol. The van der Waals surface area contributed by atoms with Gasteiger partial charge in [0.1, 0.15) is 11.7 Å². The van der Waals surface area contributed by atoms with Gasteiger partial charge in [-0.05, 0) is 25.3 Å². The van der Waals surface area contributed by atoms with E-state index in [1.807, 2.05) is 18.2 Å². The zero-order chi connectivity index (χ0) is 14.6. The summed E-state index contributed by atoms with van der Waals surface area (Å²) in [7, 11) is 1.57. The fourth-order valence-electron chi connectivity index (χ4n) is 3.31. The lowest BCUT2D eigenvalue weighted by atomic mass is 9.73. The van der Waals surface area contributed by atoms with Gasteiger partial charge >= 0.3 is 0 Å². The number of methoxy groups -OCH3 is 1. The standard InChI is InChI=1S/C17H21NO2/c1-3-17(10-6-7-11-17)16(19)14(12-18)13-8-4-5-9-15(13)20-2/h4-5,8-9,14H,3,6-7,10-11H2,1-2H3. The van der Waals surface area contributed by atoms with Gasteiger partial charge in [0.25, 0.3) is 0 Å². The quantitative estimate of drug-likeness (QED) is 0.817. The Kier molecular flexibility index (Phi) is 4.44. The molecule has 1 aliphatic carbocycles. The van der Waals surface area contributed by atoms with Crippen LogP contribution in [0.2, 0.25) is 0 Å². The molecule has 1 aromatic carbocycles. The first-order valence-corrected chi connectivity index (χ1v) is 7.25. The van der Waals surface area contributed by atoms with Crippen molar-refractivity contribution in [2.24, 2.45) is 5.41 Å². The van der Waals surface area contributed by atoms with Crippen LogP contribution in [-0.2, 0) is 4.79 Å². The molecule has 3 nitrogen and oxygen atoms in total. The van der Waals surface area contributed by atoms with Crippen LogP contribution < -0.4 is 4.74 Å². The molecule has 0 amide bonds. The van der Waals surface area contributed by atoms with E-state index in [4.69, 9.17) is 4.74 Å². The lowest BCUT2D eigenvalue weighted by molar-refractivity contribution is -0.129. The molecule has 1 unspecified atom stereocenters. The topological polar surface area (TPSA) is 50.1 Å². The first-order valence-electron chi connectivity index (χ1n) is 7.25. The number of rotatable bonds is 5. The molecule has 0 radical (unpaired) electrons. The summed E-state index contributed by atoms with van der Waals surface area (Å²) >= 11 is 0. The summed E-state index contributed by atoms with van der Waals surface area (Å²) in [6.07, 6.45) is 4.82. The summed E-state index contributed by atoms with van der Waals surface area (Å²) < 4.78 is 5.30. The Morgan fingerprint density at radius 1 is 1.40 bits per heavy atom. The largest absolute Gasteiger partial charge is 0.496 e. The van der Waals surface area contributed by atoms with Crippen molar-refractivity contribution < 1.29 is 9.53 Å². The Morgan fingerprint density at radius 3 is 2.60 bits per heavy atom. The molecule has 3 heteroatoms. The van der Waals surface area contributed by atoms with Crippen LogP contribution in [0.1, 0.15) is 50.5 Å². The van der Waals surface area contributed by atoms with Crippen molar-refractivity contribution in [3.63, 3.8) is 0 Å². The molecular formula is C17H21NO2. The zero-order valence-electron chi connectivity index (χ0n) is 12.2. The van der Waals surface area contributed by atoms with E-state index in [-0.39, 0.29) is 11.2 Å². The highest BCUT2D eigenvalue weighted by Gasteiger charge is 2.43. The molecule has 0 N–H and O–H groups in total. The lowest BCUT2D eigenvalue weighted by Gasteiger charge is -2.28. The number of benzene rings is 1. The number of carbonyl (C=O) groups excluding carboxylic acids is 1. The fourth-order valence-corrected chi connectivity index (χ4v) is 3.31. The lowest BCUT2D eigenvalue weighted by Crippen LogP contribution is -2.32. The van der Waals surface area contributed by atoms with Crippen LogP contribution in [0.4, 0.5) is 0 Å². The smallest absolute Gasteiger partial charge is 0.160 e. The molecule has 0 spiro atoms. The summed E-state index contributed by atoms with van der Waals surface area (Å²) in [5, 5.41) is 9.51. The third kappa shape index (κ3) is 2.43. The van der Waals surface area contributed by atoms with Crippen molar-refractivity contribution in [1.29, 1.82) is 5.26 Å². The van der Waals surface area contributed by atoms with Gasteiger partial charge in [-0.1, -0.05) is 38.0 Å². The van der Waals surface area contributed by atoms with Gasteiger partial charge in [0.05, 0.1) is 13.2 Å². The summed E-state index contributed by atoms with van der Waals surface area (Å²) in [5.41, 5.74) is 0.392. The Labute approximate surface area is 120 Å². The van der Waals surface area contributed by atoms with E-state index < -0.39 is 5.92 Å². The van der Waals surface area contributed by atoms with Gasteiger partial charge in [0.15, 0.2) is 5.78 Å². The van der Waals surface area contributed by atoms with Crippen LogP contribution in [0.3, 0.4) is 0 Å². The van der Waals surface area contributed by atoms with Crippen molar-refractivity contribution in [3.8, 4) is 11.8 Å². The Morgan fingerprint density at radius 2 is 2.05 bits per heavy atom. The molecule has 0 aromatic heterocycles. The predicted octanol–water partition coefficient (Wildman–Crippen LogP) is 3.84. The number of hydrogen-bond donors (Lipinski definition) is 0. The van der Waals surface area contributed by atoms with E-state index in [0.717, 1.165) is 32.1 Å². The number of nitrogens with zero attached hydrogens (tertiary/aromatic N) is 1. The van der Waals surface area contributed by atoms with E-state index in [2.05, 4.69) is 13.0 Å². The Hall–Kier alpha value is -1.82. The maximum atomic E-state index is 12.9. The van der Waals surface area contributed by atoms with Crippen molar-refractivity contribution in [2.75, 3.05) is 7.11 Å². The molecule has 1 saturated carbocycles. The van der Waals surface area contributed by atoms with Crippen LogP contribution in [0.25, 0.3) is 0 Å². The maximum Gasteiger partial charge on any atom is 0.160 e. The molecule has 1 aromatic rings. The van der Waals surface area contributed by atoms with Gasteiger partial charge in [-0.2, -0.15) is 5.26 Å². The molecule has 1 aliphatic rings. The highest BCUT2D eigenvalue weighted by atomic mass is 16.5. The van der Waals surface area contributed by atoms with E-state index in [9.17, 15) is 10.1 Å². The second-order valence-corrected chi connectivity index (χ2v) is 5.51. The Bertz CT molecular complexity index is 524. The normalized spacial score (nSPS) is 18.2. The van der Waals surface area contributed by atoms with E-state index in [1.165, 1.54) is 0 Å². The summed E-state index contributed by atoms with van der Waals surface area (Å²) in [5.74, 6) is -0.0228. The number of carbonyl (C=O) groups is 1. The average molecular weight is 271 g/mol. The monoisotopic (exact) mass is 271 g/mol. The number of Topliss-reactive ketones (excluding diaryl/α,β-unsaturated/α-hetero) is 1. The minimum atomic E-state index is -0.718. The molecule has 0 saturated heterocycles. The molecule has 106 valence electrons. The van der Waals surface area contributed by atoms with Crippen LogP contribution in [0.15, 0.2) is 24.3 Å². The molecule has 2 rings (SSSR count). The maximum absolute atomic E-state index is 12.9. The number of hydrogen-bond acceptors (Lipinski definition) is 3. The van der Waals surface area contributed by atoms with Crippen molar-refractivity contribution in [3.05, 3.63) is 29.8 Å². The minimum absolute atomic E-state index is 0.0736. The van der Waals surface area contributed by atoms with Gasteiger partial charge in [-0.3, -0.25) is 4.79 Å². The number of nitriles is 1. The second-order valence-electron chi connectivity index (χ2n) is 5.51. The van der Waals surface area contributed by atoms with E-state index >= 15 is 0 Å². The number of ketones is 1. The summed E-state index contributed by atoms with van der Waals surface area (Å²) in [6, 6.07) is 9.53. The zero-order valence-corrected chi connectivity index (χ0v) is 12.2. The molecule has 20 heavy (non-hydrogen) atoms. The van der Waals surface area contributed by atoms with Crippen LogP contribution in [0.5, 0.6) is 5.75 Å². The summed E-state index contributed by atoms with van der Waals surface area (Å²) in [6.45, 7) is 2.06.